The summed E-state index contributed by atoms with van der Waals surface area (Å²) in [6.45, 7) is 2.16. The van der Waals surface area contributed by atoms with Crippen molar-refractivity contribution in [2.24, 2.45) is 0 Å². The first-order valence-corrected chi connectivity index (χ1v) is 7.39. The van der Waals surface area contributed by atoms with Crippen molar-refractivity contribution in [3.8, 4) is 0 Å². The summed E-state index contributed by atoms with van der Waals surface area (Å²) in [5.74, 6) is 0. The second kappa shape index (κ2) is 5.63. The van der Waals surface area contributed by atoms with E-state index in [4.69, 9.17) is 0 Å². The van der Waals surface area contributed by atoms with Crippen molar-refractivity contribution < 1.29 is 0 Å². The third-order valence-corrected chi connectivity index (χ3v) is 3.85. The standard InChI is InChI=1S/C17H15BrN2/c1-12(14-6-2-8-15(18)11-14)20-16-9-3-5-13-7-4-10-19-17(13)16/h2-12,20H,1H3. The van der Waals surface area contributed by atoms with Gasteiger partial charge in [-0.05, 0) is 36.8 Å². The fraction of sp³-hybridized carbons (Fsp3) is 0.118. The maximum Gasteiger partial charge on any atom is 0.0933 e. The molecule has 100 valence electrons. The Morgan fingerprint density at radius 2 is 1.85 bits per heavy atom. The van der Waals surface area contributed by atoms with Gasteiger partial charge in [-0.2, -0.15) is 0 Å². The summed E-state index contributed by atoms with van der Waals surface area (Å²) in [4.78, 5) is 4.47. The molecule has 0 fully saturated rings. The predicted octanol–water partition coefficient (Wildman–Crippen LogP) is 5.17. The molecule has 0 spiro atoms. The fourth-order valence-electron chi connectivity index (χ4n) is 2.31. The van der Waals surface area contributed by atoms with Gasteiger partial charge in [-0.15, -0.1) is 0 Å². The van der Waals surface area contributed by atoms with E-state index in [0.29, 0.717) is 0 Å². The van der Waals surface area contributed by atoms with Gasteiger partial charge in [0.1, 0.15) is 0 Å². The van der Waals surface area contributed by atoms with Crippen molar-refractivity contribution in [1.29, 1.82) is 0 Å². The second-order valence-corrected chi connectivity index (χ2v) is 5.72. The maximum atomic E-state index is 4.47. The molecule has 2 nitrogen and oxygen atoms in total. The van der Waals surface area contributed by atoms with Gasteiger partial charge in [0.05, 0.1) is 11.2 Å². The van der Waals surface area contributed by atoms with Gasteiger partial charge < -0.3 is 5.32 Å². The minimum Gasteiger partial charge on any atom is -0.377 e. The Morgan fingerprint density at radius 3 is 2.70 bits per heavy atom. The van der Waals surface area contributed by atoms with Crippen LogP contribution in [-0.4, -0.2) is 4.98 Å². The third-order valence-electron chi connectivity index (χ3n) is 3.35. The van der Waals surface area contributed by atoms with Crippen LogP contribution in [0.1, 0.15) is 18.5 Å². The number of hydrogen-bond acceptors (Lipinski definition) is 2. The quantitative estimate of drug-likeness (QED) is 0.718. The number of nitrogens with one attached hydrogen (secondary N) is 1. The summed E-state index contributed by atoms with van der Waals surface area (Å²) in [6.07, 6.45) is 1.83. The highest BCUT2D eigenvalue weighted by atomic mass is 79.9. The number of rotatable bonds is 3. The second-order valence-electron chi connectivity index (χ2n) is 4.80. The molecule has 3 heteroatoms. The van der Waals surface area contributed by atoms with Crippen LogP contribution in [0, 0.1) is 0 Å². The van der Waals surface area contributed by atoms with Crippen LogP contribution in [0.4, 0.5) is 5.69 Å². The first kappa shape index (κ1) is 13.1. The zero-order valence-corrected chi connectivity index (χ0v) is 12.8. The first-order valence-electron chi connectivity index (χ1n) is 6.60. The highest BCUT2D eigenvalue weighted by Crippen LogP contribution is 2.26. The molecule has 0 radical (unpaired) electrons. The molecular formula is C17H15BrN2. The minimum atomic E-state index is 0.222. The molecule has 0 saturated heterocycles. The van der Waals surface area contributed by atoms with Crippen LogP contribution in [0.15, 0.2) is 65.3 Å². The van der Waals surface area contributed by atoms with Crippen molar-refractivity contribution in [2.45, 2.75) is 13.0 Å². The van der Waals surface area contributed by atoms with E-state index >= 15 is 0 Å². The Hall–Kier alpha value is -1.87. The van der Waals surface area contributed by atoms with Gasteiger partial charge in [0.15, 0.2) is 0 Å². The number of halogens is 1. The average molecular weight is 327 g/mol. The molecule has 3 rings (SSSR count). The van der Waals surface area contributed by atoms with Crippen LogP contribution in [0.25, 0.3) is 10.9 Å². The SMILES string of the molecule is CC(Nc1cccc2cccnc12)c1cccc(Br)c1. The topological polar surface area (TPSA) is 24.9 Å². The lowest BCUT2D eigenvalue weighted by Gasteiger charge is -2.17. The highest BCUT2D eigenvalue weighted by Gasteiger charge is 2.08. The minimum absolute atomic E-state index is 0.222. The number of para-hydroxylation sites is 1. The first-order chi connectivity index (χ1) is 9.74. The van der Waals surface area contributed by atoms with E-state index in [-0.39, 0.29) is 6.04 Å². The number of aromatic nitrogens is 1. The molecule has 1 unspecified atom stereocenters. The van der Waals surface area contributed by atoms with Crippen molar-refractivity contribution in [2.75, 3.05) is 5.32 Å². The number of nitrogens with zero attached hydrogens (tertiary/aromatic N) is 1. The van der Waals surface area contributed by atoms with Crippen molar-refractivity contribution in [3.05, 3.63) is 70.8 Å². The Morgan fingerprint density at radius 1 is 1.05 bits per heavy atom. The Labute approximate surface area is 127 Å². The fourth-order valence-corrected chi connectivity index (χ4v) is 2.73. The molecule has 2 aromatic carbocycles. The summed E-state index contributed by atoms with van der Waals surface area (Å²) < 4.78 is 1.10. The summed E-state index contributed by atoms with van der Waals surface area (Å²) in [5, 5.41) is 4.70. The lowest BCUT2D eigenvalue weighted by atomic mass is 10.1. The van der Waals surface area contributed by atoms with Crippen LogP contribution in [0.2, 0.25) is 0 Å². The molecule has 0 saturated carbocycles. The largest absolute Gasteiger partial charge is 0.377 e. The zero-order chi connectivity index (χ0) is 13.9. The Kier molecular flexibility index (Phi) is 3.70. The zero-order valence-electron chi connectivity index (χ0n) is 11.2. The number of hydrogen-bond donors (Lipinski definition) is 1. The number of benzene rings is 2. The van der Waals surface area contributed by atoms with Crippen LogP contribution >= 0.6 is 15.9 Å². The smallest absolute Gasteiger partial charge is 0.0933 e. The van der Waals surface area contributed by atoms with E-state index in [2.05, 4.69) is 75.6 Å². The van der Waals surface area contributed by atoms with E-state index in [1.165, 1.54) is 5.56 Å². The van der Waals surface area contributed by atoms with E-state index in [1.807, 2.05) is 18.3 Å². The van der Waals surface area contributed by atoms with Gasteiger partial charge in [0, 0.05) is 22.1 Å². The monoisotopic (exact) mass is 326 g/mol. The Bertz CT molecular complexity index is 734. The molecule has 0 amide bonds. The highest BCUT2D eigenvalue weighted by molar-refractivity contribution is 9.10. The van der Waals surface area contributed by atoms with E-state index in [9.17, 15) is 0 Å². The van der Waals surface area contributed by atoms with Gasteiger partial charge >= 0.3 is 0 Å². The maximum absolute atomic E-state index is 4.47. The van der Waals surface area contributed by atoms with Crippen molar-refractivity contribution in [1.82, 2.24) is 4.98 Å². The molecular weight excluding hydrogens is 312 g/mol. The van der Waals surface area contributed by atoms with E-state index in [1.54, 1.807) is 0 Å². The molecule has 1 aromatic heterocycles. The summed E-state index contributed by atoms with van der Waals surface area (Å²) in [5.41, 5.74) is 3.32. The van der Waals surface area contributed by atoms with Crippen LogP contribution in [-0.2, 0) is 0 Å². The third kappa shape index (κ3) is 2.68. The lowest BCUT2D eigenvalue weighted by Crippen LogP contribution is -2.07. The van der Waals surface area contributed by atoms with Crippen LogP contribution in [0.5, 0.6) is 0 Å². The Balaban J connectivity index is 1.93. The molecule has 0 aliphatic carbocycles. The molecule has 3 aromatic rings. The van der Waals surface area contributed by atoms with Crippen molar-refractivity contribution in [3.63, 3.8) is 0 Å². The van der Waals surface area contributed by atoms with E-state index < -0.39 is 0 Å². The number of anilines is 1. The molecule has 0 bridgehead atoms. The number of fused-ring (bicyclic) bond motifs is 1. The van der Waals surface area contributed by atoms with Gasteiger partial charge in [-0.3, -0.25) is 4.98 Å². The summed E-state index contributed by atoms with van der Waals surface area (Å²) >= 11 is 3.52. The van der Waals surface area contributed by atoms with Gasteiger partial charge in [0.25, 0.3) is 0 Å². The van der Waals surface area contributed by atoms with Gasteiger partial charge in [-0.25, -0.2) is 0 Å². The van der Waals surface area contributed by atoms with Crippen LogP contribution < -0.4 is 5.32 Å². The van der Waals surface area contributed by atoms with E-state index in [0.717, 1.165) is 21.1 Å². The van der Waals surface area contributed by atoms with Crippen molar-refractivity contribution >= 4 is 32.5 Å². The molecule has 0 aliphatic heterocycles. The van der Waals surface area contributed by atoms with Crippen LogP contribution in [0.3, 0.4) is 0 Å². The number of pyridine rings is 1. The molecule has 1 heterocycles. The molecule has 1 atom stereocenters. The molecule has 20 heavy (non-hydrogen) atoms. The summed E-state index contributed by atoms with van der Waals surface area (Å²) in [7, 11) is 0. The molecule has 1 N–H and O–H groups in total. The lowest BCUT2D eigenvalue weighted by molar-refractivity contribution is 0.885. The van der Waals surface area contributed by atoms with Gasteiger partial charge in [-0.1, -0.05) is 46.3 Å². The average Bonchev–Trinajstić information content (AvgIpc) is 2.47. The predicted molar refractivity (Wildman–Crippen MR) is 87.9 cm³/mol. The molecule has 0 aliphatic rings. The summed E-state index contributed by atoms with van der Waals surface area (Å²) in [6, 6.07) is 18.8. The van der Waals surface area contributed by atoms with Gasteiger partial charge in [0.2, 0.25) is 0 Å². The normalized spacial score (nSPS) is 12.3.